The predicted molar refractivity (Wildman–Crippen MR) is 83.2 cm³/mol. The minimum Gasteiger partial charge on any atom is -0.330 e. The lowest BCUT2D eigenvalue weighted by molar-refractivity contribution is -0.198. The largest absolute Gasteiger partial charge is 0.336 e. The fourth-order valence-corrected chi connectivity index (χ4v) is 2.87. The number of hydrogen-bond donors (Lipinski definition) is 0. The lowest BCUT2D eigenvalue weighted by Crippen LogP contribution is -2.32. The van der Waals surface area contributed by atoms with Gasteiger partial charge in [-0.3, -0.25) is 9.59 Å². The molecule has 23 heavy (non-hydrogen) atoms. The molecule has 2 fully saturated rings. The van der Waals surface area contributed by atoms with Crippen LogP contribution in [0.5, 0.6) is 0 Å². The zero-order valence-electron chi connectivity index (χ0n) is 13.7. The summed E-state index contributed by atoms with van der Waals surface area (Å²) in [5, 5.41) is 0.625. The lowest BCUT2D eigenvalue weighted by atomic mass is 9.86. The topological polar surface area (TPSA) is 63.7 Å². The highest BCUT2D eigenvalue weighted by atomic mass is 16.7. The molecule has 0 N–H and O–H groups in total. The smallest absolute Gasteiger partial charge is 0.330 e. The molecular weight excluding hydrogens is 294 g/mol. The molecule has 0 radical (unpaired) electrons. The van der Waals surface area contributed by atoms with Crippen molar-refractivity contribution in [2.75, 3.05) is 0 Å². The predicted octanol–water partition coefficient (Wildman–Crippen LogP) is 2.69. The van der Waals surface area contributed by atoms with E-state index in [1.807, 2.05) is 12.1 Å². The molecule has 3 rings (SSSR count). The number of hydrogen-bond acceptors (Lipinski definition) is 4. The molecule has 1 saturated heterocycles. The van der Waals surface area contributed by atoms with Crippen LogP contribution >= 0.6 is 0 Å². The number of rotatable bonds is 3. The maximum absolute atomic E-state index is 12.1. The Bertz CT molecular complexity index is 641. The van der Waals surface area contributed by atoms with Gasteiger partial charge in [-0.15, -0.1) is 5.06 Å². The van der Waals surface area contributed by atoms with Crippen LogP contribution < -0.4 is 0 Å². The number of benzene rings is 1. The third-order valence-electron chi connectivity index (χ3n) is 4.49. The number of imide groups is 1. The quantitative estimate of drug-likeness (QED) is 0.805. The molecule has 0 aromatic heterocycles. The molecule has 122 valence electrons. The molecule has 1 aromatic carbocycles. The summed E-state index contributed by atoms with van der Waals surface area (Å²) in [6, 6.07) is 8.27. The van der Waals surface area contributed by atoms with Crippen molar-refractivity contribution in [2.45, 2.75) is 51.4 Å². The van der Waals surface area contributed by atoms with E-state index in [0.29, 0.717) is 11.5 Å². The van der Waals surface area contributed by atoms with Crippen molar-refractivity contribution in [1.29, 1.82) is 0 Å². The Labute approximate surface area is 135 Å². The van der Waals surface area contributed by atoms with Gasteiger partial charge in [0.1, 0.15) is 0 Å². The molecule has 2 aliphatic rings. The van der Waals surface area contributed by atoms with Crippen LogP contribution in [0.3, 0.4) is 0 Å². The second-order valence-electron chi connectivity index (χ2n) is 7.31. The van der Waals surface area contributed by atoms with Gasteiger partial charge in [0, 0.05) is 12.8 Å². The van der Waals surface area contributed by atoms with Gasteiger partial charge in [-0.05, 0) is 28.9 Å². The zero-order chi connectivity index (χ0) is 16.8. The minimum absolute atomic E-state index is 0.0941. The summed E-state index contributed by atoms with van der Waals surface area (Å²) < 4.78 is 0. The van der Waals surface area contributed by atoms with E-state index in [-0.39, 0.29) is 30.1 Å². The highest BCUT2D eigenvalue weighted by Gasteiger charge is 2.47. The van der Waals surface area contributed by atoms with E-state index in [1.54, 1.807) is 0 Å². The summed E-state index contributed by atoms with van der Waals surface area (Å²) in [6.45, 7) is 6.47. The molecule has 0 unspecified atom stereocenters. The SMILES string of the molecule is CC(C)(C)c1ccc([C@@H]2C[C@H]2C(=O)ON2C(=O)CCC2=O)cc1. The Hall–Kier alpha value is -2.17. The Balaban J connectivity index is 1.62. The third-order valence-corrected chi connectivity index (χ3v) is 4.49. The zero-order valence-corrected chi connectivity index (χ0v) is 13.7. The van der Waals surface area contributed by atoms with E-state index in [0.717, 1.165) is 5.56 Å². The second kappa shape index (κ2) is 5.48. The van der Waals surface area contributed by atoms with E-state index in [1.165, 1.54) is 5.56 Å². The Morgan fingerprint density at radius 3 is 2.17 bits per heavy atom. The maximum atomic E-state index is 12.1. The van der Waals surface area contributed by atoms with E-state index >= 15 is 0 Å². The first-order valence-corrected chi connectivity index (χ1v) is 7.95. The molecule has 1 aromatic rings. The molecule has 2 amide bonds. The van der Waals surface area contributed by atoms with Crippen LogP contribution in [0.15, 0.2) is 24.3 Å². The van der Waals surface area contributed by atoms with E-state index in [2.05, 4.69) is 32.9 Å². The molecule has 2 atom stereocenters. The normalized spacial score (nSPS) is 24.0. The number of carbonyl (C=O) groups excluding carboxylic acids is 3. The first kappa shape index (κ1) is 15.7. The highest BCUT2D eigenvalue weighted by molar-refractivity contribution is 6.01. The van der Waals surface area contributed by atoms with Crippen molar-refractivity contribution in [3.63, 3.8) is 0 Å². The number of hydroxylamine groups is 2. The molecule has 1 aliphatic heterocycles. The monoisotopic (exact) mass is 315 g/mol. The average molecular weight is 315 g/mol. The van der Waals surface area contributed by atoms with E-state index in [4.69, 9.17) is 4.84 Å². The average Bonchev–Trinajstić information content (AvgIpc) is 3.24. The van der Waals surface area contributed by atoms with Crippen molar-refractivity contribution >= 4 is 17.8 Å². The molecule has 0 bridgehead atoms. The van der Waals surface area contributed by atoms with Crippen LogP contribution in [0.2, 0.25) is 0 Å². The van der Waals surface area contributed by atoms with E-state index in [9.17, 15) is 14.4 Å². The molecule has 1 heterocycles. The molecule has 1 aliphatic carbocycles. The fraction of sp³-hybridized carbons (Fsp3) is 0.500. The van der Waals surface area contributed by atoms with Crippen LogP contribution in [0.1, 0.15) is 57.1 Å². The van der Waals surface area contributed by atoms with Gasteiger partial charge in [-0.2, -0.15) is 0 Å². The summed E-state index contributed by atoms with van der Waals surface area (Å²) in [5.74, 6) is -1.51. The van der Waals surface area contributed by atoms with Crippen LogP contribution in [-0.4, -0.2) is 22.8 Å². The van der Waals surface area contributed by atoms with Crippen molar-refractivity contribution < 1.29 is 19.2 Å². The maximum Gasteiger partial charge on any atom is 0.336 e. The van der Waals surface area contributed by atoms with Gasteiger partial charge in [-0.1, -0.05) is 45.0 Å². The van der Waals surface area contributed by atoms with Gasteiger partial charge in [0.2, 0.25) is 0 Å². The van der Waals surface area contributed by atoms with Crippen molar-refractivity contribution in [3.05, 3.63) is 35.4 Å². The van der Waals surface area contributed by atoms with E-state index < -0.39 is 17.8 Å². The highest BCUT2D eigenvalue weighted by Crippen LogP contribution is 2.48. The second-order valence-corrected chi connectivity index (χ2v) is 7.31. The van der Waals surface area contributed by atoms with Gasteiger partial charge in [0.15, 0.2) is 0 Å². The molecule has 0 spiro atoms. The van der Waals surface area contributed by atoms with Crippen molar-refractivity contribution in [1.82, 2.24) is 5.06 Å². The number of carbonyl (C=O) groups is 3. The van der Waals surface area contributed by atoms with Gasteiger partial charge >= 0.3 is 5.97 Å². The third kappa shape index (κ3) is 3.14. The van der Waals surface area contributed by atoms with Crippen LogP contribution in [0.25, 0.3) is 0 Å². The Morgan fingerprint density at radius 1 is 1.09 bits per heavy atom. The first-order valence-electron chi connectivity index (χ1n) is 7.95. The van der Waals surface area contributed by atoms with Crippen molar-refractivity contribution in [2.24, 2.45) is 5.92 Å². The first-order chi connectivity index (χ1) is 10.8. The number of nitrogens with zero attached hydrogens (tertiary/aromatic N) is 1. The van der Waals surface area contributed by atoms with Gasteiger partial charge in [-0.25, -0.2) is 4.79 Å². The lowest BCUT2D eigenvalue weighted by Gasteiger charge is -2.19. The Kier molecular flexibility index (Phi) is 3.74. The summed E-state index contributed by atoms with van der Waals surface area (Å²) in [7, 11) is 0. The van der Waals surface area contributed by atoms with Gasteiger partial charge in [0.25, 0.3) is 11.8 Å². The van der Waals surface area contributed by atoms with Crippen molar-refractivity contribution in [3.8, 4) is 0 Å². The summed E-state index contributed by atoms with van der Waals surface area (Å²) in [4.78, 5) is 40.0. The van der Waals surface area contributed by atoms with Crippen LogP contribution in [0.4, 0.5) is 0 Å². The van der Waals surface area contributed by atoms with Crippen LogP contribution in [-0.2, 0) is 24.6 Å². The summed E-state index contributed by atoms with van der Waals surface area (Å²) in [6.07, 6.45) is 0.937. The molecular formula is C18H21NO4. The minimum atomic E-state index is -0.488. The molecule has 5 heteroatoms. The Morgan fingerprint density at radius 2 is 1.65 bits per heavy atom. The molecule has 1 saturated carbocycles. The molecule has 5 nitrogen and oxygen atoms in total. The van der Waals surface area contributed by atoms with Crippen LogP contribution in [0, 0.1) is 5.92 Å². The van der Waals surface area contributed by atoms with Gasteiger partial charge < -0.3 is 4.84 Å². The standard InChI is InChI=1S/C18H21NO4/c1-18(2,3)12-6-4-11(5-7-12)13-10-14(13)17(22)23-19-15(20)8-9-16(19)21/h4-7,13-14H,8-10H2,1-3H3/t13-,14+/m0/s1. The van der Waals surface area contributed by atoms with Gasteiger partial charge in [0.05, 0.1) is 5.92 Å². The number of amides is 2. The summed E-state index contributed by atoms with van der Waals surface area (Å²) >= 11 is 0. The fourth-order valence-electron chi connectivity index (χ4n) is 2.87. The summed E-state index contributed by atoms with van der Waals surface area (Å²) in [5.41, 5.74) is 2.44.